The van der Waals surface area contributed by atoms with E-state index in [0.717, 1.165) is 0 Å². The molecule has 7 heteroatoms. The summed E-state index contributed by atoms with van der Waals surface area (Å²) in [5.74, 6) is -0.663. The summed E-state index contributed by atoms with van der Waals surface area (Å²) in [5.41, 5.74) is -0.689. The SMILES string of the molecule is CC(C)(C)OC(=O)N1C[C@@H]2CC(=O)CCO[C@H]2[C@H]1C(=O)CO. The minimum Gasteiger partial charge on any atom is -0.444 e. The van der Waals surface area contributed by atoms with Crippen molar-refractivity contribution < 1.29 is 29.0 Å². The average molecular weight is 313 g/mol. The molecular weight excluding hydrogens is 290 g/mol. The van der Waals surface area contributed by atoms with Crippen molar-refractivity contribution in [2.24, 2.45) is 5.92 Å². The van der Waals surface area contributed by atoms with Crippen LogP contribution in [0.5, 0.6) is 0 Å². The Morgan fingerprint density at radius 1 is 1.41 bits per heavy atom. The monoisotopic (exact) mass is 313 g/mol. The first-order chi connectivity index (χ1) is 10.2. The molecule has 1 amide bonds. The van der Waals surface area contributed by atoms with Crippen LogP contribution in [0.1, 0.15) is 33.6 Å². The number of hydrogen-bond acceptors (Lipinski definition) is 6. The molecule has 0 aromatic heterocycles. The van der Waals surface area contributed by atoms with Gasteiger partial charge < -0.3 is 14.6 Å². The largest absolute Gasteiger partial charge is 0.444 e. The molecule has 2 aliphatic heterocycles. The topological polar surface area (TPSA) is 93.1 Å². The number of hydrogen-bond donors (Lipinski definition) is 1. The van der Waals surface area contributed by atoms with Gasteiger partial charge in [0.05, 0.1) is 12.7 Å². The third-order valence-corrected chi connectivity index (χ3v) is 3.84. The Morgan fingerprint density at radius 2 is 2.09 bits per heavy atom. The van der Waals surface area contributed by atoms with Gasteiger partial charge in [0.15, 0.2) is 5.78 Å². The van der Waals surface area contributed by atoms with E-state index in [2.05, 4.69) is 0 Å². The summed E-state index contributed by atoms with van der Waals surface area (Å²) >= 11 is 0. The molecule has 1 N–H and O–H groups in total. The minimum atomic E-state index is -0.893. The van der Waals surface area contributed by atoms with Crippen LogP contribution in [0.4, 0.5) is 4.79 Å². The average Bonchev–Trinajstić information content (AvgIpc) is 2.65. The Hall–Kier alpha value is -1.47. The van der Waals surface area contributed by atoms with Gasteiger partial charge in [0.25, 0.3) is 0 Å². The van der Waals surface area contributed by atoms with E-state index < -0.39 is 36.2 Å². The zero-order chi connectivity index (χ0) is 16.5. The van der Waals surface area contributed by atoms with Gasteiger partial charge in [-0.3, -0.25) is 14.5 Å². The van der Waals surface area contributed by atoms with E-state index in [4.69, 9.17) is 9.47 Å². The fourth-order valence-corrected chi connectivity index (χ4v) is 2.98. The summed E-state index contributed by atoms with van der Waals surface area (Å²) in [4.78, 5) is 37.4. The molecule has 2 saturated heterocycles. The number of amides is 1. The van der Waals surface area contributed by atoms with E-state index in [9.17, 15) is 19.5 Å². The first kappa shape index (κ1) is 16.9. The Bertz CT molecular complexity index is 469. The van der Waals surface area contributed by atoms with Crippen LogP contribution < -0.4 is 0 Å². The summed E-state index contributed by atoms with van der Waals surface area (Å²) in [6.07, 6.45) is -0.583. The van der Waals surface area contributed by atoms with Crippen molar-refractivity contribution >= 4 is 17.7 Å². The molecule has 2 fully saturated rings. The standard InChI is InChI=1S/C15H23NO6/c1-15(2,3)22-14(20)16-7-9-6-10(18)4-5-21-13(9)12(16)11(19)8-17/h9,12-13,17H,4-8H2,1-3H3/t9-,12+,13+/m0/s1. The highest BCUT2D eigenvalue weighted by molar-refractivity contribution is 5.90. The summed E-state index contributed by atoms with van der Waals surface area (Å²) in [6.45, 7) is 5.00. The third kappa shape index (κ3) is 3.64. The molecule has 0 spiro atoms. The van der Waals surface area contributed by atoms with E-state index in [1.165, 1.54) is 4.90 Å². The van der Waals surface area contributed by atoms with Crippen LogP contribution in [-0.2, 0) is 19.1 Å². The fourth-order valence-electron chi connectivity index (χ4n) is 2.98. The Kier molecular flexibility index (Phi) is 4.87. The van der Waals surface area contributed by atoms with Crippen LogP contribution >= 0.6 is 0 Å². The van der Waals surface area contributed by atoms with Gasteiger partial charge in [-0.1, -0.05) is 0 Å². The van der Waals surface area contributed by atoms with Crippen molar-refractivity contribution in [3.05, 3.63) is 0 Å². The first-order valence-electron chi connectivity index (χ1n) is 7.49. The molecule has 2 heterocycles. The van der Waals surface area contributed by atoms with Crippen molar-refractivity contribution in [1.82, 2.24) is 4.90 Å². The molecule has 22 heavy (non-hydrogen) atoms. The lowest BCUT2D eigenvalue weighted by atomic mass is 9.95. The van der Waals surface area contributed by atoms with E-state index >= 15 is 0 Å². The predicted molar refractivity (Wildman–Crippen MR) is 76.3 cm³/mol. The van der Waals surface area contributed by atoms with Crippen molar-refractivity contribution in [2.75, 3.05) is 19.8 Å². The summed E-state index contributed by atoms with van der Waals surface area (Å²) in [5, 5.41) is 9.19. The molecule has 0 aromatic rings. The van der Waals surface area contributed by atoms with Crippen LogP contribution in [0.25, 0.3) is 0 Å². The van der Waals surface area contributed by atoms with Gasteiger partial charge in [0.2, 0.25) is 0 Å². The number of carbonyl (C=O) groups is 3. The molecular formula is C15H23NO6. The Balaban J connectivity index is 2.23. The molecule has 0 bridgehead atoms. The molecule has 3 atom stereocenters. The molecule has 2 aliphatic rings. The zero-order valence-corrected chi connectivity index (χ0v) is 13.2. The van der Waals surface area contributed by atoms with Crippen LogP contribution in [0, 0.1) is 5.92 Å². The second kappa shape index (κ2) is 6.34. The van der Waals surface area contributed by atoms with E-state index in [0.29, 0.717) is 6.42 Å². The van der Waals surface area contributed by atoms with Crippen LogP contribution in [-0.4, -0.2) is 65.2 Å². The number of ketones is 2. The second-order valence-corrected chi connectivity index (χ2v) is 6.79. The van der Waals surface area contributed by atoms with Gasteiger partial charge in [-0.05, 0) is 20.8 Å². The van der Waals surface area contributed by atoms with Gasteiger partial charge in [-0.2, -0.15) is 0 Å². The van der Waals surface area contributed by atoms with E-state index in [-0.39, 0.29) is 31.3 Å². The first-order valence-corrected chi connectivity index (χ1v) is 7.49. The molecule has 0 saturated carbocycles. The van der Waals surface area contributed by atoms with Crippen LogP contribution in [0.15, 0.2) is 0 Å². The van der Waals surface area contributed by atoms with Gasteiger partial charge in [-0.25, -0.2) is 4.79 Å². The summed E-state index contributed by atoms with van der Waals surface area (Å²) < 4.78 is 11.0. The Morgan fingerprint density at radius 3 is 2.68 bits per heavy atom. The lowest BCUT2D eigenvalue weighted by molar-refractivity contribution is -0.130. The van der Waals surface area contributed by atoms with Gasteiger partial charge >= 0.3 is 6.09 Å². The van der Waals surface area contributed by atoms with Crippen molar-refractivity contribution in [3.63, 3.8) is 0 Å². The molecule has 7 nitrogen and oxygen atoms in total. The predicted octanol–water partition coefficient (Wildman–Crippen LogP) is 0.531. The van der Waals surface area contributed by atoms with Crippen LogP contribution in [0.2, 0.25) is 0 Å². The lowest BCUT2D eigenvalue weighted by Gasteiger charge is -2.29. The third-order valence-electron chi connectivity index (χ3n) is 3.84. The lowest BCUT2D eigenvalue weighted by Crippen LogP contribution is -2.48. The van der Waals surface area contributed by atoms with E-state index in [1.807, 2.05) is 0 Å². The molecule has 0 unspecified atom stereocenters. The smallest absolute Gasteiger partial charge is 0.411 e. The van der Waals surface area contributed by atoms with Crippen molar-refractivity contribution in [2.45, 2.75) is 51.4 Å². The highest BCUT2D eigenvalue weighted by Crippen LogP contribution is 2.33. The molecule has 0 radical (unpaired) electrons. The summed E-state index contributed by atoms with van der Waals surface area (Å²) in [6, 6.07) is -0.893. The van der Waals surface area contributed by atoms with Crippen molar-refractivity contribution in [3.8, 4) is 0 Å². The minimum absolute atomic E-state index is 0.0636. The summed E-state index contributed by atoms with van der Waals surface area (Å²) in [7, 11) is 0. The number of ether oxygens (including phenoxy) is 2. The number of likely N-dealkylation sites (tertiary alicyclic amines) is 1. The maximum Gasteiger partial charge on any atom is 0.411 e. The maximum atomic E-state index is 12.3. The second-order valence-electron chi connectivity index (χ2n) is 6.79. The van der Waals surface area contributed by atoms with E-state index in [1.54, 1.807) is 20.8 Å². The molecule has 0 aliphatic carbocycles. The molecule has 2 rings (SSSR count). The highest BCUT2D eigenvalue weighted by atomic mass is 16.6. The number of rotatable bonds is 2. The maximum absolute atomic E-state index is 12.3. The van der Waals surface area contributed by atoms with Crippen LogP contribution in [0.3, 0.4) is 0 Å². The molecule has 124 valence electrons. The number of aliphatic hydroxyl groups excluding tert-OH is 1. The number of nitrogens with zero attached hydrogens (tertiary/aromatic N) is 1. The van der Waals surface area contributed by atoms with Gasteiger partial charge in [0, 0.05) is 25.3 Å². The van der Waals surface area contributed by atoms with Gasteiger partial charge in [0.1, 0.15) is 24.0 Å². The normalized spacial score (nSPS) is 29.0. The Labute approximate surface area is 129 Å². The van der Waals surface area contributed by atoms with Gasteiger partial charge in [-0.15, -0.1) is 0 Å². The zero-order valence-electron chi connectivity index (χ0n) is 13.2. The van der Waals surface area contributed by atoms with Crippen molar-refractivity contribution in [1.29, 1.82) is 0 Å². The quantitative estimate of drug-likeness (QED) is 0.799. The number of fused-ring (bicyclic) bond motifs is 1. The number of aliphatic hydroxyl groups is 1. The molecule has 0 aromatic carbocycles. The fraction of sp³-hybridized carbons (Fsp3) is 0.800. The number of carbonyl (C=O) groups excluding carboxylic acids is 3. The highest BCUT2D eigenvalue weighted by Gasteiger charge is 2.50. The number of Topliss-reactive ketones (excluding diaryl/α,β-unsaturated/α-hetero) is 2.